The summed E-state index contributed by atoms with van der Waals surface area (Å²) in [6.45, 7) is 14.5. The molecule has 470 valence electrons. The molecule has 0 unspecified atom stereocenters. The molecule has 0 aliphatic carbocycles. The fourth-order valence-corrected chi connectivity index (χ4v) is 10.6. The summed E-state index contributed by atoms with van der Waals surface area (Å²) in [7, 11) is 0. The van der Waals surface area contributed by atoms with Crippen molar-refractivity contribution in [1.29, 1.82) is 0 Å². The quantitative estimate of drug-likeness (QED) is 0.0289. The molecule has 13 nitrogen and oxygen atoms in total. The summed E-state index contributed by atoms with van der Waals surface area (Å²) in [6.07, 6.45) is 55.6. The number of allylic oxidation sites excluding steroid dienone is 4. The number of ketones is 1. The van der Waals surface area contributed by atoms with Crippen LogP contribution >= 0.6 is 0 Å². The lowest BCUT2D eigenvalue weighted by Gasteiger charge is -2.24. The molecule has 80 heavy (non-hydrogen) atoms. The van der Waals surface area contributed by atoms with Gasteiger partial charge in [-0.3, -0.25) is 29.0 Å². The summed E-state index contributed by atoms with van der Waals surface area (Å²) in [5.41, 5.74) is 23.0. The molecule has 0 atom stereocenters. The average molecular weight is 1130 g/mol. The second-order valence-electron chi connectivity index (χ2n) is 23.4. The van der Waals surface area contributed by atoms with Crippen molar-refractivity contribution in [3.63, 3.8) is 0 Å². The standard InChI is InChI=1S/C67H133N9O4/c1-3-5-7-9-11-13-15-17-19-21-23-25-27-31-35-47-66(79)75(60-40-37-46-64(77)62-73(54-41-49-68)55-42-50-69)58-38-33-29-30-34-39-59-76(61-45-53-72-65(78)63-74(56-43-51-70)57-44-52-71)67(80)48-36-32-28-26-24-22-20-18-16-14-12-10-8-6-4-2/h17-20H,3-16,21-63,68-71H2,1-2H3,(H,72,78)/b19-17-,20-18-. The molecule has 0 aromatic heterocycles. The highest BCUT2D eigenvalue weighted by atomic mass is 16.2. The van der Waals surface area contributed by atoms with Crippen LogP contribution in [0, 0.1) is 0 Å². The van der Waals surface area contributed by atoms with Gasteiger partial charge in [-0.15, -0.1) is 0 Å². The zero-order chi connectivity index (χ0) is 58.5. The predicted molar refractivity (Wildman–Crippen MR) is 344 cm³/mol. The molecule has 0 fully saturated rings. The van der Waals surface area contributed by atoms with Crippen molar-refractivity contribution in [2.24, 2.45) is 22.9 Å². The Balaban J connectivity index is 5.12. The van der Waals surface area contributed by atoms with Crippen LogP contribution in [-0.2, 0) is 19.2 Å². The van der Waals surface area contributed by atoms with Gasteiger partial charge >= 0.3 is 0 Å². The maximum atomic E-state index is 13.7. The Morgan fingerprint density at radius 3 is 1.00 bits per heavy atom. The van der Waals surface area contributed by atoms with Gasteiger partial charge in [0.15, 0.2) is 0 Å². The van der Waals surface area contributed by atoms with E-state index in [-0.39, 0.29) is 23.5 Å². The molecule has 0 aliphatic heterocycles. The second-order valence-corrected chi connectivity index (χ2v) is 23.4. The first-order chi connectivity index (χ1) is 39.3. The van der Waals surface area contributed by atoms with Crippen molar-refractivity contribution in [3.8, 4) is 0 Å². The minimum atomic E-state index is 0.0130. The van der Waals surface area contributed by atoms with Crippen LogP contribution in [-0.4, -0.2) is 141 Å². The van der Waals surface area contributed by atoms with E-state index in [0.29, 0.717) is 78.2 Å². The van der Waals surface area contributed by atoms with Gasteiger partial charge in [-0.25, -0.2) is 0 Å². The van der Waals surface area contributed by atoms with Crippen LogP contribution in [0.4, 0.5) is 0 Å². The number of Topliss-reactive ketones (excluding diaryl/α,β-unsaturated/α-hetero) is 1. The first-order valence-electron chi connectivity index (χ1n) is 34.1. The fraction of sp³-hybridized carbons (Fsp3) is 0.881. The minimum Gasteiger partial charge on any atom is -0.355 e. The molecular weight excluding hydrogens is 995 g/mol. The van der Waals surface area contributed by atoms with Crippen LogP contribution < -0.4 is 28.3 Å². The molecule has 0 saturated heterocycles. The van der Waals surface area contributed by atoms with Crippen molar-refractivity contribution in [2.75, 3.05) is 98.2 Å². The number of nitrogens with two attached hydrogens (primary N) is 4. The predicted octanol–water partition coefficient (Wildman–Crippen LogP) is 13.3. The Morgan fingerprint density at radius 2 is 0.625 bits per heavy atom. The van der Waals surface area contributed by atoms with Crippen molar-refractivity contribution in [2.45, 2.75) is 284 Å². The van der Waals surface area contributed by atoms with Crippen molar-refractivity contribution in [3.05, 3.63) is 24.3 Å². The Kier molecular flexibility index (Phi) is 60.3. The van der Waals surface area contributed by atoms with Gasteiger partial charge in [0.1, 0.15) is 5.78 Å². The third-order valence-electron chi connectivity index (χ3n) is 15.7. The topological polar surface area (TPSA) is 197 Å². The maximum absolute atomic E-state index is 13.7. The monoisotopic (exact) mass is 1130 g/mol. The molecule has 0 spiro atoms. The zero-order valence-corrected chi connectivity index (χ0v) is 52.8. The molecule has 9 N–H and O–H groups in total. The SMILES string of the molecule is CCCCCCCC/C=C\CCCCCCCC(=O)N(CCCCCCCCN(CCCNC(=O)CN(CCCN)CCCN)C(=O)CCCCCCC/C=C\CCCCCCCC)CCCCC(=O)CN(CCCN)CCCN. The molecular formula is C67H133N9O4. The molecule has 13 heteroatoms. The van der Waals surface area contributed by atoms with Gasteiger partial charge in [0.05, 0.1) is 13.1 Å². The summed E-state index contributed by atoms with van der Waals surface area (Å²) >= 11 is 0. The van der Waals surface area contributed by atoms with Crippen molar-refractivity contribution in [1.82, 2.24) is 24.9 Å². The van der Waals surface area contributed by atoms with Gasteiger partial charge in [0.25, 0.3) is 0 Å². The lowest BCUT2D eigenvalue weighted by atomic mass is 10.1. The first-order valence-corrected chi connectivity index (χ1v) is 34.1. The summed E-state index contributed by atoms with van der Waals surface area (Å²) in [5.74, 6) is 0.781. The second kappa shape index (κ2) is 62.4. The van der Waals surface area contributed by atoms with Gasteiger partial charge in [-0.2, -0.15) is 0 Å². The molecule has 0 bridgehead atoms. The van der Waals surface area contributed by atoms with E-state index in [2.05, 4.69) is 63.1 Å². The molecule has 0 saturated carbocycles. The largest absolute Gasteiger partial charge is 0.355 e. The Labute approximate surface area is 494 Å². The van der Waals surface area contributed by atoms with Crippen LogP contribution in [0.5, 0.6) is 0 Å². The number of hydrogen-bond acceptors (Lipinski definition) is 10. The summed E-state index contributed by atoms with van der Waals surface area (Å²) in [5, 5.41) is 3.10. The minimum absolute atomic E-state index is 0.0130. The van der Waals surface area contributed by atoms with Crippen LogP contribution in [0.2, 0.25) is 0 Å². The summed E-state index contributed by atoms with van der Waals surface area (Å²) in [4.78, 5) is 61.7. The van der Waals surface area contributed by atoms with Crippen LogP contribution in [0.3, 0.4) is 0 Å². The number of amides is 3. The highest BCUT2D eigenvalue weighted by Gasteiger charge is 2.17. The van der Waals surface area contributed by atoms with Gasteiger partial charge < -0.3 is 38.1 Å². The third-order valence-corrected chi connectivity index (χ3v) is 15.7. The van der Waals surface area contributed by atoms with E-state index in [0.717, 1.165) is 161 Å². The molecule has 0 aliphatic rings. The maximum Gasteiger partial charge on any atom is 0.234 e. The number of carbonyl (C=O) groups excluding carboxylic acids is 4. The fourth-order valence-electron chi connectivity index (χ4n) is 10.6. The number of unbranched alkanes of at least 4 members (excludes halogenated alkanes) is 28. The first kappa shape index (κ1) is 77.3. The van der Waals surface area contributed by atoms with E-state index in [1.165, 1.54) is 128 Å². The van der Waals surface area contributed by atoms with E-state index in [9.17, 15) is 19.2 Å². The summed E-state index contributed by atoms with van der Waals surface area (Å²) < 4.78 is 0. The number of hydrogen-bond donors (Lipinski definition) is 5. The third kappa shape index (κ3) is 53.3. The van der Waals surface area contributed by atoms with Gasteiger partial charge in [0, 0.05) is 52.0 Å². The molecule has 0 heterocycles. The highest BCUT2D eigenvalue weighted by molar-refractivity contribution is 5.80. The average Bonchev–Trinajstić information content (AvgIpc) is 3.45. The molecule has 0 rings (SSSR count). The normalized spacial score (nSPS) is 11.8. The van der Waals surface area contributed by atoms with Crippen molar-refractivity contribution < 1.29 is 19.2 Å². The Bertz CT molecular complexity index is 1310. The van der Waals surface area contributed by atoms with Crippen LogP contribution in [0.15, 0.2) is 24.3 Å². The van der Waals surface area contributed by atoms with E-state index >= 15 is 0 Å². The summed E-state index contributed by atoms with van der Waals surface area (Å²) in [6, 6.07) is 0. The van der Waals surface area contributed by atoms with E-state index in [1.807, 2.05) is 0 Å². The lowest BCUT2D eigenvalue weighted by molar-refractivity contribution is -0.132. The number of nitrogens with zero attached hydrogens (tertiary/aromatic N) is 4. The molecule has 0 radical (unpaired) electrons. The van der Waals surface area contributed by atoms with Gasteiger partial charge in [-0.1, -0.05) is 167 Å². The van der Waals surface area contributed by atoms with E-state index in [1.54, 1.807) is 0 Å². The number of carbonyl (C=O) groups is 4. The molecule has 0 aromatic rings. The van der Waals surface area contributed by atoms with Crippen LogP contribution in [0.1, 0.15) is 284 Å². The van der Waals surface area contributed by atoms with Crippen molar-refractivity contribution >= 4 is 23.5 Å². The zero-order valence-electron chi connectivity index (χ0n) is 52.8. The lowest BCUT2D eigenvalue weighted by Crippen LogP contribution is -2.40. The van der Waals surface area contributed by atoms with E-state index in [4.69, 9.17) is 22.9 Å². The Hall–Kier alpha value is -2.68. The van der Waals surface area contributed by atoms with Gasteiger partial charge in [-0.05, 0) is 174 Å². The highest BCUT2D eigenvalue weighted by Crippen LogP contribution is 2.16. The Morgan fingerprint density at radius 1 is 0.325 bits per heavy atom. The number of rotatable bonds is 64. The number of nitrogens with one attached hydrogen (secondary N) is 1. The molecule has 3 amide bonds. The van der Waals surface area contributed by atoms with Crippen LogP contribution in [0.25, 0.3) is 0 Å². The van der Waals surface area contributed by atoms with Gasteiger partial charge in [0.2, 0.25) is 17.7 Å². The smallest absolute Gasteiger partial charge is 0.234 e. The molecule has 0 aromatic carbocycles. The van der Waals surface area contributed by atoms with E-state index < -0.39 is 0 Å².